The molecule has 0 unspecified atom stereocenters. The highest BCUT2D eigenvalue weighted by Crippen LogP contribution is 2.20. The van der Waals surface area contributed by atoms with E-state index in [0.29, 0.717) is 22.3 Å². The molecular formula is C22H14ClN3O2. The predicted molar refractivity (Wildman–Crippen MR) is 110 cm³/mol. The molecule has 5 nitrogen and oxygen atoms in total. The van der Waals surface area contributed by atoms with E-state index < -0.39 is 11.2 Å². The molecule has 0 radical (unpaired) electrons. The van der Waals surface area contributed by atoms with Gasteiger partial charge in [-0.3, -0.25) is 9.36 Å². The molecule has 2 aromatic carbocycles. The van der Waals surface area contributed by atoms with Gasteiger partial charge < -0.3 is 0 Å². The quantitative estimate of drug-likeness (QED) is 0.471. The van der Waals surface area contributed by atoms with Crippen LogP contribution in [-0.2, 0) is 7.05 Å². The molecule has 6 heteroatoms. The van der Waals surface area contributed by atoms with Crippen molar-refractivity contribution in [3.05, 3.63) is 104 Å². The molecule has 4 rings (SSSR count). The first-order valence-electron chi connectivity index (χ1n) is 8.50. The van der Waals surface area contributed by atoms with Crippen LogP contribution in [0.3, 0.4) is 0 Å². The molecule has 4 aromatic rings. The van der Waals surface area contributed by atoms with Gasteiger partial charge in [0.25, 0.3) is 5.56 Å². The summed E-state index contributed by atoms with van der Waals surface area (Å²) < 4.78 is 2.39. The third-order valence-corrected chi connectivity index (χ3v) is 4.63. The first-order chi connectivity index (χ1) is 13.6. The Balaban J connectivity index is 1.85. The van der Waals surface area contributed by atoms with E-state index in [1.165, 1.54) is 4.57 Å². The number of aromatic nitrogens is 3. The van der Waals surface area contributed by atoms with E-state index in [1.54, 1.807) is 43.6 Å². The molecule has 0 spiro atoms. The Labute approximate surface area is 165 Å². The zero-order valence-corrected chi connectivity index (χ0v) is 15.6. The lowest BCUT2D eigenvalue weighted by atomic mass is 10.1. The maximum absolute atomic E-state index is 12.9. The lowest BCUT2D eigenvalue weighted by Crippen LogP contribution is -2.38. The van der Waals surface area contributed by atoms with Crippen LogP contribution >= 0.6 is 11.6 Å². The number of nitrogens with zero attached hydrogens (tertiary/aromatic N) is 3. The minimum atomic E-state index is -0.513. The van der Waals surface area contributed by atoms with Gasteiger partial charge in [0.15, 0.2) is 0 Å². The highest BCUT2D eigenvalue weighted by atomic mass is 35.5. The molecule has 0 fully saturated rings. The van der Waals surface area contributed by atoms with E-state index in [2.05, 4.69) is 16.8 Å². The lowest BCUT2D eigenvalue weighted by Gasteiger charge is -2.11. The van der Waals surface area contributed by atoms with Crippen LogP contribution in [0.2, 0.25) is 5.02 Å². The zero-order valence-electron chi connectivity index (χ0n) is 14.9. The van der Waals surface area contributed by atoms with Gasteiger partial charge in [-0.05, 0) is 42.5 Å². The van der Waals surface area contributed by atoms with Crippen LogP contribution in [0, 0.1) is 11.8 Å². The van der Waals surface area contributed by atoms with E-state index in [0.717, 1.165) is 10.1 Å². The second-order valence-electron chi connectivity index (χ2n) is 6.14. The van der Waals surface area contributed by atoms with Crippen molar-refractivity contribution in [2.45, 2.75) is 0 Å². The fourth-order valence-corrected chi connectivity index (χ4v) is 3.19. The maximum Gasteiger partial charge on any atom is 0.337 e. The van der Waals surface area contributed by atoms with Gasteiger partial charge in [0.1, 0.15) is 5.65 Å². The summed E-state index contributed by atoms with van der Waals surface area (Å²) in [6.45, 7) is 0. The van der Waals surface area contributed by atoms with Crippen LogP contribution in [0.5, 0.6) is 0 Å². The van der Waals surface area contributed by atoms with E-state index in [9.17, 15) is 9.59 Å². The zero-order chi connectivity index (χ0) is 19.7. The molecule has 0 aliphatic heterocycles. The molecule has 2 heterocycles. The molecule has 0 aliphatic rings. The summed E-state index contributed by atoms with van der Waals surface area (Å²) in [5.41, 5.74) is 1.23. The molecule has 136 valence electrons. The van der Waals surface area contributed by atoms with E-state index in [4.69, 9.17) is 11.6 Å². The first-order valence-corrected chi connectivity index (χ1v) is 8.88. The normalized spacial score (nSPS) is 10.5. The number of aryl methyl sites for hydroxylation is 1. The number of halogens is 1. The summed E-state index contributed by atoms with van der Waals surface area (Å²) >= 11 is 6.40. The van der Waals surface area contributed by atoms with Crippen LogP contribution < -0.4 is 11.2 Å². The van der Waals surface area contributed by atoms with E-state index in [1.807, 2.05) is 30.3 Å². The molecule has 0 aliphatic carbocycles. The summed E-state index contributed by atoms with van der Waals surface area (Å²) in [4.78, 5) is 29.7. The Morgan fingerprint density at radius 3 is 2.43 bits per heavy atom. The summed E-state index contributed by atoms with van der Waals surface area (Å²) in [6, 6.07) is 17.9. The smallest absolute Gasteiger partial charge is 0.280 e. The fraction of sp³-hybridized carbons (Fsp3) is 0.0455. The van der Waals surface area contributed by atoms with Gasteiger partial charge >= 0.3 is 5.69 Å². The fourth-order valence-electron chi connectivity index (χ4n) is 2.92. The van der Waals surface area contributed by atoms with Crippen molar-refractivity contribution in [1.29, 1.82) is 0 Å². The van der Waals surface area contributed by atoms with E-state index >= 15 is 0 Å². The molecule has 0 saturated carbocycles. The van der Waals surface area contributed by atoms with Crippen LogP contribution in [0.15, 0.2) is 76.4 Å². The molecule has 0 atom stereocenters. The van der Waals surface area contributed by atoms with Gasteiger partial charge in [-0.2, -0.15) is 0 Å². The average molecular weight is 388 g/mol. The van der Waals surface area contributed by atoms with Gasteiger partial charge in [0.2, 0.25) is 0 Å². The number of rotatable bonds is 1. The third-order valence-electron chi connectivity index (χ3n) is 4.33. The van der Waals surface area contributed by atoms with Crippen LogP contribution in [0.4, 0.5) is 0 Å². The minimum absolute atomic E-state index is 0.266. The van der Waals surface area contributed by atoms with Crippen molar-refractivity contribution in [3.63, 3.8) is 0 Å². The highest BCUT2D eigenvalue weighted by Gasteiger charge is 2.15. The molecule has 2 aromatic heterocycles. The summed E-state index contributed by atoms with van der Waals surface area (Å²) in [5, 5.41) is 0.607. The monoisotopic (exact) mass is 387 g/mol. The van der Waals surface area contributed by atoms with Gasteiger partial charge in [0, 0.05) is 24.4 Å². The number of benzene rings is 2. The first kappa shape index (κ1) is 17.8. The largest absolute Gasteiger partial charge is 0.337 e. The number of hydrogen-bond donors (Lipinski definition) is 0. The summed E-state index contributed by atoms with van der Waals surface area (Å²) in [6.07, 6.45) is 1.54. The maximum atomic E-state index is 12.9. The third kappa shape index (κ3) is 3.11. The van der Waals surface area contributed by atoms with Crippen molar-refractivity contribution in [1.82, 2.24) is 14.1 Å². The average Bonchev–Trinajstić information content (AvgIpc) is 2.73. The second-order valence-corrected chi connectivity index (χ2v) is 6.55. The Kier molecular flexibility index (Phi) is 4.56. The predicted octanol–water partition coefficient (Wildman–Crippen LogP) is 3.14. The van der Waals surface area contributed by atoms with Crippen molar-refractivity contribution in [2.75, 3.05) is 0 Å². The van der Waals surface area contributed by atoms with Crippen LogP contribution in [0.1, 0.15) is 11.1 Å². The minimum Gasteiger partial charge on any atom is -0.280 e. The Hall–Kier alpha value is -3.62. The summed E-state index contributed by atoms with van der Waals surface area (Å²) in [5.74, 6) is 6.09. The van der Waals surface area contributed by atoms with Crippen molar-refractivity contribution >= 4 is 22.6 Å². The molecule has 0 bridgehead atoms. The van der Waals surface area contributed by atoms with Gasteiger partial charge in [-0.15, -0.1) is 0 Å². The standard InChI is InChI=1S/C22H14ClN3O2/c1-25-20-17(8-5-13-24-20)21(27)26(22(25)28)19-12-11-16(14-18(19)23)10-9-15-6-3-2-4-7-15/h2-8,11-14H,1H3. The van der Waals surface area contributed by atoms with Crippen molar-refractivity contribution in [2.24, 2.45) is 7.05 Å². The Morgan fingerprint density at radius 2 is 1.68 bits per heavy atom. The topological polar surface area (TPSA) is 56.9 Å². The molecule has 0 N–H and O–H groups in total. The number of pyridine rings is 1. The van der Waals surface area contributed by atoms with Gasteiger partial charge in [0.05, 0.1) is 16.1 Å². The van der Waals surface area contributed by atoms with Gasteiger partial charge in [-0.25, -0.2) is 14.3 Å². The molecule has 28 heavy (non-hydrogen) atoms. The molecular weight excluding hydrogens is 374 g/mol. The molecule has 0 saturated heterocycles. The SMILES string of the molecule is Cn1c(=O)n(-c2ccc(C#Cc3ccccc3)cc2Cl)c(=O)c2cccnc21. The van der Waals surface area contributed by atoms with Crippen LogP contribution in [-0.4, -0.2) is 14.1 Å². The Morgan fingerprint density at radius 1 is 0.929 bits per heavy atom. The van der Waals surface area contributed by atoms with Gasteiger partial charge in [-0.1, -0.05) is 41.6 Å². The van der Waals surface area contributed by atoms with Crippen molar-refractivity contribution in [3.8, 4) is 17.5 Å². The highest BCUT2D eigenvalue weighted by molar-refractivity contribution is 6.32. The van der Waals surface area contributed by atoms with Crippen LogP contribution in [0.25, 0.3) is 16.7 Å². The van der Waals surface area contributed by atoms with Crippen molar-refractivity contribution < 1.29 is 0 Å². The summed E-state index contributed by atoms with van der Waals surface area (Å²) in [7, 11) is 1.57. The Bertz CT molecular complexity index is 1380. The molecule has 0 amide bonds. The number of fused-ring (bicyclic) bond motifs is 1. The lowest BCUT2D eigenvalue weighted by molar-refractivity contribution is 0.765. The number of hydrogen-bond acceptors (Lipinski definition) is 3. The second kappa shape index (κ2) is 7.18. The van der Waals surface area contributed by atoms with E-state index in [-0.39, 0.29) is 5.02 Å².